The quantitative estimate of drug-likeness (QED) is 0.717. The second-order valence-electron chi connectivity index (χ2n) is 6.63. The largest absolute Gasteiger partial charge is 0.339 e. The van der Waals surface area contributed by atoms with Crippen molar-refractivity contribution in [1.29, 1.82) is 0 Å². The van der Waals surface area contributed by atoms with Crippen LogP contribution in [0.5, 0.6) is 0 Å². The van der Waals surface area contributed by atoms with Gasteiger partial charge in [0.05, 0.1) is 12.4 Å². The number of amides is 1. The van der Waals surface area contributed by atoms with Crippen LogP contribution < -0.4 is 16.2 Å². The van der Waals surface area contributed by atoms with E-state index in [9.17, 15) is 17.6 Å². The molecular formula is C16H23FN4O3S. The molecule has 7 nitrogen and oxygen atoms in total. The molecule has 0 saturated carbocycles. The summed E-state index contributed by atoms with van der Waals surface area (Å²) in [5, 5.41) is 2.94. The molecule has 25 heavy (non-hydrogen) atoms. The predicted molar refractivity (Wildman–Crippen MR) is 91.1 cm³/mol. The molecule has 3 N–H and O–H groups in total. The third kappa shape index (κ3) is 4.55. The van der Waals surface area contributed by atoms with Gasteiger partial charge in [0.25, 0.3) is 0 Å². The Bertz CT molecular complexity index is 735. The lowest BCUT2D eigenvalue weighted by Crippen LogP contribution is -2.48. The lowest BCUT2D eigenvalue weighted by molar-refractivity contribution is -0.127. The third-order valence-electron chi connectivity index (χ3n) is 4.76. The van der Waals surface area contributed by atoms with Gasteiger partial charge in [0.15, 0.2) is 0 Å². The molecule has 0 radical (unpaired) electrons. The Morgan fingerprint density at radius 2 is 2.00 bits per heavy atom. The smallest absolute Gasteiger partial charge is 0.224 e. The van der Waals surface area contributed by atoms with E-state index in [1.807, 2.05) is 6.07 Å². The fourth-order valence-electron chi connectivity index (χ4n) is 3.33. The molecule has 9 heteroatoms. The van der Waals surface area contributed by atoms with E-state index in [1.165, 1.54) is 22.7 Å². The minimum atomic E-state index is -3.19. The van der Waals surface area contributed by atoms with Crippen molar-refractivity contribution in [3.05, 3.63) is 35.6 Å². The summed E-state index contributed by atoms with van der Waals surface area (Å²) in [6, 6.07) is 6.30. The molecule has 2 unspecified atom stereocenters. The highest BCUT2D eigenvalue weighted by Crippen LogP contribution is 2.23. The molecule has 2 aliphatic heterocycles. The van der Waals surface area contributed by atoms with Crippen molar-refractivity contribution in [2.24, 2.45) is 5.92 Å². The van der Waals surface area contributed by atoms with Crippen LogP contribution in [0.2, 0.25) is 0 Å². The number of hydrazine groups is 1. The lowest BCUT2D eigenvalue weighted by atomic mass is 9.97. The van der Waals surface area contributed by atoms with Crippen molar-refractivity contribution >= 4 is 15.9 Å². The number of nitrogens with zero attached hydrogens (tertiary/aromatic N) is 1. The molecule has 1 amide bonds. The molecule has 2 atom stereocenters. The Kier molecular flexibility index (Phi) is 5.38. The molecule has 0 spiro atoms. The van der Waals surface area contributed by atoms with Gasteiger partial charge in [-0.25, -0.2) is 28.0 Å². The molecule has 0 aliphatic carbocycles. The van der Waals surface area contributed by atoms with Gasteiger partial charge in [-0.2, -0.15) is 0 Å². The first-order valence-corrected chi connectivity index (χ1v) is 10.2. The van der Waals surface area contributed by atoms with Gasteiger partial charge in [-0.1, -0.05) is 12.1 Å². The molecule has 0 aromatic heterocycles. The topological polar surface area (TPSA) is 90.5 Å². The van der Waals surface area contributed by atoms with Crippen LogP contribution in [0.3, 0.4) is 0 Å². The van der Waals surface area contributed by atoms with Crippen LogP contribution in [-0.2, 0) is 14.8 Å². The zero-order valence-electron chi connectivity index (χ0n) is 14.0. The monoisotopic (exact) mass is 370 g/mol. The molecule has 0 bridgehead atoms. The second kappa shape index (κ2) is 7.36. The van der Waals surface area contributed by atoms with Crippen LogP contribution in [0.15, 0.2) is 24.3 Å². The Morgan fingerprint density at radius 3 is 2.64 bits per heavy atom. The zero-order chi connectivity index (χ0) is 18.0. The number of piperidine rings is 1. The summed E-state index contributed by atoms with van der Waals surface area (Å²) in [7, 11) is -3.19. The number of nitrogens with one attached hydrogen (secondary N) is 3. The summed E-state index contributed by atoms with van der Waals surface area (Å²) >= 11 is 0. The molecule has 2 fully saturated rings. The van der Waals surface area contributed by atoms with Gasteiger partial charge in [-0.05, 0) is 30.5 Å². The maximum absolute atomic E-state index is 13.3. The highest BCUT2D eigenvalue weighted by molar-refractivity contribution is 7.88. The van der Waals surface area contributed by atoms with E-state index in [-0.39, 0.29) is 29.8 Å². The molecule has 1 aromatic rings. The molecule has 138 valence electrons. The normalized spacial score (nSPS) is 25.8. The van der Waals surface area contributed by atoms with E-state index in [0.717, 1.165) is 5.56 Å². The van der Waals surface area contributed by atoms with Crippen LogP contribution in [0.25, 0.3) is 0 Å². The first-order chi connectivity index (χ1) is 11.8. The van der Waals surface area contributed by atoms with Crippen LogP contribution in [0.1, 0.15) is 30.9 Å². The molecule has 2 heterocycles. The van der Waals surface area contributed by atoms with E-state index in [0.29, 0.717) is 32.4 Å². The third-order valence-corrected chi connectivity index (χ3v) is 6.07. The van der Waals surface area contributed by atoms with Crippen molar-refractivity contribution < 1.29 is 17.6 Å². The molecule has 2 saturated heterocycles. The summed E-state index contributed by atoms with van der Waals surface area (Å²) in [4.78, 5) is 12.4. The number of halogens is 1. The molecule has 3 rings (SSSR count). The Hall–Kier alpha value is -1.55. The molecular weight excluding hydrogens is 347 g/mol. The fourth-order valence-corrected chi connectivity index (χ4v) is 4.21. The summed E-state index contributed by atoms with van der Waals surface area (Å²) in [5.74, 6) is -0.551. The van der Waals surface area contributed by atoms with E-state index >= 15 is 0 Å². The van der Waals surface area contributed by atoms with Gasteiger partial charge in [-0.3, -0.25) is 4.79 Å². The number of benzene rings is 1. The Morgan fingerprint density at radius 1 is 1.28 bits per heavy atom. The van der Waals surface area contributed by atoms with E-state index in [1.54, 1.807) is 6.07 Å². The van der Waals surface area contributed by atoms with Gasteiger partial charge in [0.1, 0.15) is 5.82 Å². The van der Waals surface area contributed by atoms with Gasteiger partial charge >= 0.3 is 0 Å². The van der Waals surface area contributed by atoms with Crippen molar-refractivity contribution in [2.75, 3.05) is 19.3 Å². The number of hydrogen-bond acceptors (Lipinski definition) is 5. The first kappa shape index (κ1) is 18.2. The molecule has 2 aliphatic rings. The first-order valence-electron chi connectivity index (χ1n) is 8.35. The Balaban J connectivity index is 1.50. The average Bonchev–Trinajstić information content (AvgIpc) is 3.03. The summed E-state index contributed by atoms with van der Waals surface area (Å²) in [6.07, 6.45) is 2.60. The van der Waals surface area contributed by atoms with Gasteiger partial charge in [0, 0.05) is 31.5 Å². The number of rotatable bonds is 4. The number of hydrogen-bond donors (Lipinski definition) is 3. The SMILES string of the molecule is CS(=O)(=O)N1CCC(C(=O)NC2CC(c3cccc(F)c3)NN2)CC1. The Labute approximate surface area is 147 Å². The summed E-state index contributed by atoms with van der Waals surface area (Å²) in [5.41, 5.74) is 6.91. The van der Waals surface area contributed by atoms with Crippen LogP contribution in [0, 0.1) is 11.7 Å². The average molecular weight is 370 g/mol. The summed E-state index contributed by atoms with van der Waals surface area (Å²) in [6.45, 7) is 0.748. The standard InChI is InChI=1S/C16H23FN4O3S/c1-25(23,24)21-7-5-11(6-8-21)16(22)18-15-10-14(19-20-15)12-3-2-4-13(17)9-12/h2-4,9,11,14-15,19-20H,5-8,10H2,1H3,(H,18,22). The van der Waals surface area contributed by atoms with Crippen LogP contribution >= 0.6 is 0 Å². The maximum Gasteiger partial charge on any atom is 0.224 e. The predicted octanol–water partition coefficient (Wildman–Crippen LogP) is 0.479. The highest BCUT2D eigenvalue weighted by Gasteiger charge is 2.32. The van der Waals surface area contributed by atoms with E-state index in [4.69, 9.17) is 0 Å². The zero-order valence-corrected chi connectivity index (χ0v) is 14.9. The van der Waals surface area contributed by atoms with Crippen molar-refractivity contribution in [3.8, 4) is 0 Å². The minimum Gasteiger partial charge on any atom is -0.339 e. The highest BCUT2D eigenvalue weighted by atomic mass is 32.2. The number of sulfonamides is 1. The second-order valence-corrected chi connectivity index (χ2v) is 8.61. The maximum atomic E-state index is 13.3. The number of carbonyl (C=O) groups is 1. The van der Waals surface area contributed by atoms with Crippen molar-refractivity contribution in [2.45, 2.75) is 31.5 Å². The molecule has 1 aromatic carbocycles. The van der Waals surface area contributed by atoms with Crippen molar-refractivity contribution in [1.82, 2.24) is 20.5 Å². The van der Waals surface area contributed by atoms with Crippen LogP contribution in [0.4, 0.5) is 4.39 Å². The van der Waals surface area contributed by atoms with E-state index < -0.39 is 10.0 Å². The summed E-state index contributed by atoms with van der Waals surface area (Å²) < 4.78 is 37.8. The van der Waals surface area contributed by atoms with Gasteiger partial charge in [0.2, 0.25) is 15.9 Å². The number of carbonyl (C=O) groups excluding carboxylic acids is 1. The fraction of sp³-hybridized carbons (Fsp3) is 0.562. The van der Waals surface area contributed by atoms with Gasteiger partial charge in [-0.15, -0.1) is 0 Å². The minimum absolute atomic E-state index is 0.0759. The van der Waals surface area contributed by atoms with Crippen LogP contribution in [-0.4, -0.2) is 44.1 Å². The van der Waals surface area contributed by atoms with E-state index in [2.05, 4.69) is 16.2 Å². The van der Waals surface area contributed by atoms with Crippen molar-refractivity contribution in [3.63, 3.8) is 0 Å². The van der Waals surface area contributed by atoms with Gasteiger partial charge < -0.3 is 5.32 Å². The lowest BCUT2D eigenvalue weighted by Gasteiger charge is -2.30.